The molecule has 0 bridgehead atoms. The molecule has 0 saturated heterocycles. The van der Waals surface area contributed by atoms with E-state index in [1.54, 1.807) is 19.2 Å². The summed E-state index contributed by atoms with van der Waals surface area (Å²) in [7, 11) is -1.96. The summed E-state index contributed by atoms with van der Waals surface area (Å²) < 4.78 is 36.7. The van der Waals surface area contributed by atoms with Crippen molar-refractivity contribution < 1.29 is 22.7 Å². The van der Waals surface area contributed by atoms with E-state index in [2.05, 4.69) is 5.32 Å². The molecule has 1 amide bonds. The molecule has 0 aliphatic carbocycles. The Bertz CT molecular complexity index is 994. The Labute approximate surface area is 175 Å². The third-order valence-electron chi connectivity index (χ3n) is 4.72. The lowest BCUT2D eigenvalue weighted by Crippen LogP contribution is -2.40. The first-order chi connectivity index (χ1) is 13.7. The van der Waals surface area contributed by atoms with Crippen LogP contribution in [0, 0.1) is 0 Å². The molecule has 2 aromatic carbocycles. The Morgan fingerprint density at radius 3 is 2.59 bits per heavy atom. The minimum absolute atomic E-state index is 0.112. The van der Waals surface area contributed by atoms with Crippen LogP contribution >= 0.6 is 11.6 Å². The summed E-state index contributed by atoms with van der Waals surface area (Å²) in [6.07, 6.45) is 0.493. The highest BCUT2D eigenvalue weighted by atomic mass is 35.5. The summed E-state index contributed by atoms with van der Waals surface area (Å²) in [4.78, 5) is 12.8. The van der Waals surface area contributed by atoms with Crippen LogP contribution in [0.3, 0.4) is 0 Å². The molecular formula is C20H23ClN2O5S. The molecule has 0 fully saturated rings. The molecule has 3 rings (SSSR count). The van der Waals surface area contributed by atoms with Crippen LogP contribution in [0.2, 0.25) is 5.02 Å². The molecule has 1 aliphatic rings. The minimum Gasteiger partial charge on any atom is -0.497 e. The second kappa shape index (κ2) is 8.51. The summed E-state index contributed by atoms with van der Waals surface area (Å²) in [6, 6.07) is 11.8. The van der Waals surface area contributed by atoms with Gasteiger partial charge in [-0.15, -0.1) is 0 Å². The molecule has 1 aliphatic heterocycles. The molecule has 0 aromatic heterocycles. The maximum atomic E-state index is 12.8. The highest BCUT2D eigenvalue weighted by molar-refractivity contribution is 7.92. The summed E-state index contributed by atoms with van der Waals surface area (Å²) in [5.41, 5.74) is 1.25. The van der Waals surface area contributed by atoms with Crippen molar-refractivity contribution in [2.45, 2.75) is 25.5 Å². The fourth-order valence-corrected chi connectivity index (χ4v) is 4.27. The Hall–Kier alpha value is -2.45. The van der Waals surface area contributed by atoms with Gasteiger partial charge >= 0.3 is 0 Å². The van der Waals surface area contributed by atoms with Crippen LogP contribution in [0.1, 0.15) is 24.9 Å². The first kappa shape index (κ1) is 21.3. The second-order valence-corrected chi connectivity index (χ2v) is 9.19. The average Bonchev–Trinajstić information content (AvgIpc) is 2.87. The molecule has 7 nitrogen and oxygen atoms in total. The normalized spacial score (nSPS) is 17.5. The van der Waals surface area contributed by atoms with E-state index >= 15 is 0 Å². The monoisotopic (exact) mass is 438 g/mol. The Balaban J connectivity index is 1.79. The number of anilines is 1. The van der Waals surface area contributed by atoms with E-state index in [1.807, 2.05) is 31.2 Å². The van der Waals surface area contributed by atoms with Gasteiger partial charge in [-0.2, -0.15) is 0 Å². The summed E-state index contributed by atoms with van der Waals surface area (Å²) >= 11 is 6.04. The molecule has 1 heterocycles. The van der Waals surface area contributed by atoms with Gasteiger partial charge in [0.2, 0.25) is 10.0 Å². The third kappa shape index (κ3) is 4.94. The molecule has 1 N–H and O–H groups in total. The van der Waals surface area contributed by atoms with Gasteiger partial charge in [0, 0.05) is 18.0 Å². The van der Waals surface area contributed by atoms with E-state index in [-0.39, 0.29) is 24.9 Å². The van der Waals surface area contributed by atoms with Crippen molar-refractivity contribution in [3.05, 3.63) is 53.1 Å². The largest absolute Gasteiger partial charge is 0.497 e. The molecule has 0 unspecified atom stereocenters. The van der Waals surface area contributed by atoms with Crippen LogP contribution in [-0.4, -0.2) is 40.3 Å². The molecule has 29 heavy (non-hydrogen) atoms. The minimum atomic E-state index is -3.55. The molecule has 0 spiro atoms. The van der Waals surface area contributed by atoms with E-state index in [4.69, 9.17) is 21.1 Å². The summed E-state index contributed by atoms with van der Waals surface area (Å²) in [5, 5.41) is 3.31. The fraction of sp³-hybridized carbons (Fsp3) is 0.350. The topological polar surface area (TPSA) is 84.9 Å². The van der Waals surface area contributed by atoms with Crippen LogP contribution in [-0.2, 0) is 14.8 Å². The van der Waals surface area contributed by atoms with Crippen molar-refractivity contribution in [3.63, 3.8) is 0 Å². The van der Waals surface area contributed by atoms with Crippen LogP contribution in [0.5, 0.6) is 11.5 Å². The zero-order chi connectivity index (χ0) is 21.2. The number of carbonyl (C=O) groups excluding carboxylic acids is 1. The van der Waals surface area contributed by atoms with Gasteiger partial charge in [-0.3, -0.25) is 9.10 Å². The Morgan fingerprint density at radius 1 is 1.28 bits per heavy atom. The number of fused-ring (bicyclic) bond motifs is 1. The van der Waals surface area contributed by atoms with Gasteiger partial charge in [-0.05, 0) is 42.8 Å². The first-order valence-electron chi connectivity index (χ1n) is 9.07. The van der Waals surface area contributed by atoms with E-state index in [0.717, 1.165) is 17.6 Å². The predicted octanol–water partition coefficient (Wildman–Crippen LogP) is 3.14. The lowest BCUT2D eigenvalue weighted by Gasteiger charge is -2.21. The lowest BCUT2D eigenvalue weighted by atomic mass is 10.1. The highest BCUT2D eigenvalue weighted by Crippen LogP contribution is 2.36. The third-order valence-corrected chi connectivity index (χ3v) is 6.14. The van der Waals surface area contributed by atoms with Crippen molar-refractivity contribution >= 4 is 33.2 Å². The van der Waals surface area contributed by atoms with Crippen LogP contribution in [0.15, 0.2) is 42.5 Å². The van der Waals surface area contributed by atoms with Gasteiger partial charge in [0.15, 0.2) is 6.10 Å². The number of carbonyl (C=O) groups is 1. The van der Waals surface area contributed by atoms with Crippen LogP contribution < -0.4 is 19.1 Å². The number of halogens is 1. The zero-order valence-electron chi connectivity index (χ0n) is 16.4. The van der Waals surface area contributed by atoms with E-state index < -0.39 is 16.1 Å². The second-order valence-electron chi connectivity index (χ2n) is 6.85. The SMILES string of the molecule is COc1ccc([C@@H](C)NC(=O)[C@@H]2CCN(S(C)(=O)=O)c3cc(Cl)ccc3O2)cc1. The number of benzene rings is 2. The van der Waals surface area contributed by atoms with E-state index in [9.17, 15) is 13.2 Å². The number of ether oxygens (including phenoxy) is 2. The average molecular weight is 439 g/mol. The number of nitrogens with zero attached hydrogens (tertiary/aromatic N) is 1. The fourth-order valence-electron chi connectivity index (χ4n) is 3.16. The number of methoxy groups -OCH3 is 1. The van der Waals surface area contributed by atoms with Crippen molar-refractivity contribution in [2.75, 3.05) is 24.2 Å². The Kier molecular flexibility index (Phi) is 6.24. The van der Waals surface area contributed by atoms with Gasteiger partial charge < -0.3 is 14.8 Å². The number of hydrogen-bond donors (Lipinski definition) is 1. The maximum absolute atomic E-state index is 12.8. The molecular weight excluding hydrogens is 416 g/mol. The molecule has 0 radical (unpaired) electrons. The smallest absolute Gasteiger partial charge is 0.261 e. The molecule has 0 saturated carbocycles. The van der Waals surface area contributed by atoms with E-state index in [1.165, 1.54) is 10.4 Å². The number of hydrogen-bond acceptors (Lipinski definition) is 5. The Morgan fingerprint density at radius 2 is 1.97 bits per heavy atom. The zero-order valence-corrected chi connectivity index (χ0v) is 18.0. The van der Waals surface area contributed by atoms with Gasteiger partial charge in [-0.25, -0.2) is 8.42 Å². The van der Waals surface area contributed by atoms with Crippen molar-refractivity contribution in [1.29, 1.82) is 0 Å². The number of amides is 1. The van der Waals surface area contributed by atoms with Gasteiger partial charge in [0.25, 0.3) is 5.91 Å². The van der Waals surface area contributed by atoms with Crippen LogP contribution in [0.25, 0.3) is 0 Å². The van der Waals surface area contributed by atoms with Gasteiger partial charge in [0.05, 0.1) is 25.1 Å². The standard InChI is InChI=1S/C20H23ClN2O5S/c1-13(14-4-7-16(27-2)8-5-14)22-20(24)19-10-11-23(29(3,25)26)17-12-15(21)6-9-18(17)28-19/h4-9,12-13,19H,10-11H2,1-3H3,(H,22,24)/t13-,19+/m1/s1. The summed E-state index contributed by atoms with van der Waals surface area (Å²) in [6.45, 7) is 1.98. The predicted molar refractivity (Wildman–Crippen MR) is 112 cm³/mol. The van der Waals surface area contributed by atoms with Gasteiger partial charge in [0.1, 0.15) is 11.5 Å². The summed E-state index contributed by atoms with van der Waals surface area (Å²) in [5.74, 6) is 0.717. The van der Waals surface area contributed by atoms with E-state index in [0.29, 0.717) is 16.5 Å². The van der Waals surface area contributed by atoms with Crippen LogP contribution in [0.4, 0.5) is 5.69 Å². The number of nitrogens with one attached hydrogen (secondary N) is 1. The highest BCUT2D eigenvalue weighted by Gasteiger charge is 2.32. The lowest BCUT2D eigenvalue weighted by molar-refractivity contribution is -0.128. The van der Waals surface area contributed by atoms with Crippen molar-refractivity contribution in [1.82, 2.24) is 5.32 Å². The number of sulfonamides is 1. The quantitative estimate of drug-likeness (QED) is 0.775. The molecule has 2 atom stereocenters. The molecule has 9 heteroatoms. The molecule has 156 valence electrons. The van der Waals surface area contributed by atoms with Gasteiger partial charge in [-0.1, -0.05) is 23.7 Å². The molecule has 2 aromatic rings. The first-order valence-corrected chi connectivity index (χ1v) is 11.3. The van der Waals surface area contributed by atoms with Crippen molar-refractivity contribution in [3.8, 4) is 11.5 Å². The van der Waals surface area contributed by atoms with Crippen molar-refractivity contribution in [2.24, 2.45) is 0 Å². The maximum Gasteiger partial charge on any atom is 0.261 e. The number of rotatable bonds is 5.